The van der Waals surface area contributed by atoms with Crippen LogP contribution in [-0.4, -0.2) is 26.0 Å². The van der Waals surface area contributed by atoms with Gasteiger partial charge in [0.15, 0.2) is 0 Å². The monoisotopic (exact) mass is 491 g/mol. The van der Waals surface area contributed by atoms with Gasteiger partial charge in [0.05, 0.1) is 5.56 Å². The number of benzene rings is 3. The smallest absolute Gasteiger partial charge is 0.335 e. The van der Waals surface area contributed by atoms with E-state index >= 15 is 0 Å². The molecule has 3 aromatic carbocycles. The molecule has 0 aliphatic carbocycles. The lowest BCUT2D eigenvalue weighted by atomic mass is 10.1. The highest BCUT2D eigenvalue weighted by molar-refractivity contribution is 5.88. The Morgan fingerprint density at radius 2 is 1.35 bits per heavy atom. The number of carboxylic acids is 1. The fourth-order valence-electron chi connectivity index (χ4n) is 3.39. The number of hydrogen-bond donors (Lipinski definition) is 3. The number of hydrogen-bond acceptors (Lipinski definition) is 9. The minimum absolute atomic E-state index is 0.128. The fourth-order valence-corrected chi connectivity index (χ4v) is 3.39. The summed E-state index contributed by atoms with van der Waals surface area (Å²) < 4.78 is 5.83. The molecule has 0 radical (unpaired) electrons. The van der Waals surface area contributed by atoms with Gasteiger partial charge in [-0.2, -0.15) is 20.1 Å². The van der Waals surface area contributed by atoms with Crippen molar-refractivity contribution in [1.82, 2.24) is 15.0 Å². The predicted molar refractivity (Wildman–Crippen MR) is 139 cm³/mol. The summed E-state index contributed by atoms with van der Waals surface area (Å²) in [5, 5.41) is 23.7. The Hall–Kier alpha value is -5.38. The van der Waals surface area contributed by atoms with Crippen molar-refractivity contribution in [2.45, 2.75) is 6.54 Å². The summed E-state index contributed by atoms with van der Waals surface area (Å²) in [5.41, 5.74) is 2.62. The van der Waals surface area contributed by atoms with Gasteiger partial charge in [0, 0.05) is 16.9 Å². The molecule has 0 aliphatic heterocycles. The lowest BCUT2D eigenvalue weighted by Crippen LogP contribution is -2.03. The number of anilines is 4. The lowest BCUT2D eigenvalue weighted by Gasteiger charge is -2.08. The van der Waals surface area contributed by atoms with E-state index in [4.69, 9.17) is 9.52 Å². The molecule has 0 bridgehead atoms. The van der Waals surface area contributed by atoms with Crippen LogP contribution >= 0.6 is 0 Å². The number of carbonyl (C=O) groups is 1. The Kier molecular flexibility index (Phi) is 6.89. The van der Waals surface area contributed by atoms with Crippen LogP contribution in [0.3, 0.4) is 0 Å². The minimum atomic E-state index is -0.977. The Morgan fingerprint density at radius 1 is 0.757 bits per heavy atom. The Morgan fingerprint density at radius 3 is 1.92 bits per heavy atom. The Balaban J connectivity index is 1.32. The maximum Gasteiger partial charge on any atom is 0.335 e. The summed E-state index contributed by atoms with van der Waals surface area (Å²) in [6.07, 6.45) is 0. The highest BCUT2D eigenvalue weighted by Gasteiger charge is 2.09. The highest BCUT2D eigenvalue weighted by atomic mass is 16.4. The van der Waals surface area contributed by atoms with Gasteiger partial charge in [-0.05, 0) is 48.5 Å². The zero-order chi connectivity index (χ0) is 25.5. The second-order valence-corrected chi connectivity index (χ2v) is 7.81. The molecule has 0 aliphatic rings. The highest BCUT2D eigenvalue weighted by Crippen LogP contribution is 2.24. The van der Waals surface area contributed by atoms with Crippen molar-refractivity contribution in [3.05, 3.63) is 108 Å². The molecule has 182 valence electrons. The van der Waals surface area contributed by atoms with Gasteiger partial charge >= 0.3 is 5.97 Å². The third-order valence-corrected chi connectivity index (χ3v) is 5.15. The van der Waals surface area contributed by atoms with Crippen LogP contribution in [-0.2, 0) is 6.54 Å². The van der Waals surface area contributed by atoms with Gasteiger partial charge in [0.25, 0.3) is 5.95 Å². The maximum absolute atomic E-state index is 11.0. The third kappa shape index (κ3) is 6.20. The molecule has 0 spiro atoms. The quantitative estimate of drug-likeness (QED) is 0.196. The van der Waals surface area contributed by atoms with Gasteiger partial charge in [-0.25, -0.2) is 4.79 Å². The molecule has 0 amide bonds. The zero-order valence-electron chi connectivity index (χ0n) is 19.4. The first-order chi connectivity index (χ1) is 18.1. The third-order valence-electron chi connectivity index (χ3n) is 5.15. The van der Waals surface area contributed by atoms with Crippen molar-refractivity contribution in [1.29, 1.82) is 0 Å². The van der Waals surface area contributed by atoms with Crippen LogP contribution in [0.25, 0.3) is 11.3 Å². The number of azo groups is 1. The minimum Gasteiger partial charge on any atom is -0.478 e. The van der Waals surface area contributed by atoms with Gasteiger partial charge < -0.3 is 20.2 Å². The maximum atomic E-state index is 11.0. The number of aromatic nitrogens is 3. The van der Waals surface area contributed by atoms with Gasteiger partial charge in [-0.3, -0.25) is 0 Å². The van der Waals surface area contributed by atoms with Crippen molar-refractivity contribution in [3.8, 4) is 11.3 Å². The number of aromatic carboxylic acids is 1. The second-order valence-electron chi connectivity index (χ2n) is 7.81. The number of furan rings is 1. The second kappa shape index (κ2) is 10.9. The van der Waals surface area contributed by atoms with Gasteiger partial charge in [0.1, 0.15) is 18.1 Å². The van der Waals surface area contributed by atoms with E-state index in [2.05, 4.69) is 35.8 Å². The summed E-state index contributed by atoms with van der Waals surface area (Å²) in [5.74, 6) is 0.973. The summed E-state index contributed by atoms with van der Waals surface area (Å²) in [6.45, 7) is 0.168. The van der Waals surface area contributed by atoms with Crippen molar-refractivity contribution >= 4 is 35.2 Å². The summed E-state index contributed by atoms with van der Waals surface area (Å²) in [7, 11) is 0. The van der Waals surface area contributed by atoms with Crippen molar-refractivity contribution in [2.24, 2.45) is 10.2 Å². The van der Waals surface area contributed by atoms with E-state index in [0.717, 1.165) is 16.9 Å². The van der Waals surface area contributed by atoms with Crippen molar-refractivity contribution in [3.63, 3.8) is 0 Å². The lowest BCUT2D eigenvalue weighted by molar-refractivity contribution is 0.0697. The van der Waals surface area contributed by atoms with Crippen LogP contribution in [0.1, 0.15) is 16.1 Å². The fraction of sp³-hybridized carbons (Fsp3) is 0.0370. The standard InChI is InChI=1S/C27H21N7O3/c35-24(36)19-13-11-18(12-14-19)23-16-15-22(37-23)17-28-34-27-32-25(29-20-7-3-1-4-8-20)31-26(33-27)30-21-9-5-2-6-10-21/h1-16H,17H2,(H,35,36)(H2,29,30,31,32,33). The first-order valence-corrected chi connectivity index (χ1v) is 11.3. The summed E-state index contributed by atoms with van der Waals surface area (Å²) in [4.78, 5) is 24.2. The molecule has 10 heteroatoms. The summed E-state index contributed by atoms with van der Waals surface area (Å²) in [6, 6.07) is 29.1. The Bertz CT molecular complexity index is 1460. The number of para-hydroxylation sites is 2. The largest absolute Gasteiger partial charge is 0.478 e. The molecule has 0 saturated heterocycles. The molecule has 0 atom stereocenters. The van der Waals surface area contributed by atoms with Crippen molar-refractivity contribution in [2.75, 3.05) is 10.6 Å². The average Bonchev–Trinajstić information content (AvgIpc) is 3.39. The topological polar surface area (TPSA) is 138 Å². The molecule has 10 nitrogen and oxygen atoms in total. The van der Waals surface area contributed by atoms with Gasteiger partial charge in [-0.15, -0.1) is 5.11 Å². The molecule has 37 heavy (non-hydrogen) atoms. The van der Waals surface area contributed by atoms with Crippen LogP contribution in [0.2, 0.25) is 0 Å². The molecule has 0 fully saturated rings. The normalized spacial score (nSPS) is 10.9. The first kappa shape index (κ1) is 23.4. The molecule has 3 N–H and O–H groups in total. The molecular weight excluding hydrogens is 470 g/mol. The zero-order valence-corrected chi connectivity index (χ0v) is 19.4. The predicted octanol–water partition coefficient (Wildman–Crippen LogP) is 6.60. The van der Waals surface area contributed by atoms with Crippen LogP contribution < -0.4 is 10.6 Å². The number of carboxylic acid groups (broad SMARTS) is 1. The van der Waals surface area contributed by atoms with E-state index in [1.54, 1.807) is 24.3 Å². The number of nitrogens with zero attached hydrogens (tertiary/aromatic N) is 5. The number of nitrogens with one attached hydrogen (secondary N) is 2. The molecule has 0 unspecified atom stereocenters. The van der Waals surface area contributed by atoms with Crippen LogP contribution in [0, 0.1) is 0 Å². The van der Waals surface area contributed by atoms with Gasteiger partial charge in [0.2, 0.25) is 11.9 Å². The van der Waals surface area contributed by atoms with Crippen molar-refractivity contribution < 1.29 is 14.3 Å². The summed E-state index contributed by atoms with van der Waals surface area (Å²) >= 11 is 0. The molecule has 2 aromatic heterocycles. The molecule has 0 saturated carbocycles. The first-order valence-electron chi connectivity index (χ1n) is 11.3. The molecular formula is C27H21N7O3. The van der Waals surface area contributed by atoms with E-state index < -0.39 is 5.97 Å². The molecule has 5 aromatic rings. The van der Waals surface area contributed by atoms with Crippen LogP contribution in [0.4, 0.5) is 29.2 Å². The van der Waals surface area contributed by atoms with E-state index in [1.807, 2.05) is 60.7 Å². The molecule has 2 heterocycles. The van der Waals surface area contributed by atoms with E-state index in [9.17, 15) is 4.79 Å². The van der Waals surface area contributed by atoms with Crippen LogP contribution in [0.15, 0.2) is 112 Å². The average molecular weight is 492 g/mol. The van der Waals surface area contributed by atoms with E-state index in [1.165, 1.54) is 12.1 Å². The SMILES string of the molecule is O=C(O)c1ccc(-c2ccc(CN=Nc3nc(Nc4ccccc4)nc(Nc4ccccc4)n3)o2)cc1. The van der Waals surface area contributed by atoms with Crippen LogP contribution in [0.5, 0.6) is 0 Å². The van der Waals surface area contributed by atoms with E-state index in [0.29, 0.717) is 23.4 Å². The van der Waals surface area contributed by atoms with Gasteiger partial charge in [-0.1, -0.05) is 48.5 Å². The Labute approximate surface area is 211 Å². The number of rotatable bonds is 9. The molecule has 5 rings (SSSR count). The van der Waals surface area contributed by atoms with E-state index in [-0.39, 0.29) is 18.1 Å².